The maximum absolute atomic E-state index is 14.2. The van der Waals surface area contributed by atoms with E-state index in [0.29, 0.717) is 24.9 Å². The van der Waals surface area contributed by atoms with Crippen molar-refractivity contribution in [3.63, 3.8) is 0 Å². The second kappa shape index (κ2) is 9.84. The van der Waals surface area contributed by atoms with Gasteiger partial charge in [-0.2, -0.15) is 0 Å². The summed E-state index contributed by atoms with van der Waals surface area (Å²) >= 11 is 6.11. The van der Waals surface area contributed by atoms with E-state index in [4.69, 9.17) is 21.8 Å². The molecule has 3 heterocycles. The molecule has 0 saturated carbocycles. The van der Waals surface area contributed by atoms with Crippen LogP contribution in [0, 0.1) is 17.7 Å². The molecule has 2 aliphatic heterocycles. The number of carbonyl (C=O) groups is 2. The van der Waals surface area contributed by atoms with Crippen LogP contribution in [-0.4, -0.2) is 54.3 Å². The summed E-state index contributed by atoms with van der Waals surface area (Å²) in [5.41, 5.74) is 7.42. The number of hydrogen-bond donors (Lipinski definition) is 1. The van der Waals surface area contributed by atoms with Crippen molar-refractivity contribution in [2.24, 2.45) is 17.6 Å². The van der Waals surface area contributed by atoms with Crippen molar-refractivity contribution in [3.8, 4) is 0 Å². The lowest BCUT2D eigenvalue weighted by Crippen LogP contribution is -2.34. The molecule has 2 amide bonds. The van der Waals surface area contributed by atoms with Crippen molar-refractivity contribution in [1.29, 1.82) is 0 Å². The minimum absolute atomic E-state index is 0.0147. The highest BCUT2D eigenvalue weighted by molar-refractivity contribution is 6.33. The van der Waals surface area contributed by atoms with Gasteiger partial charge in [0.25, 0.3) is 11.8 Å². The number of furan rings is 1. The van der Waals surface area contributed by atoms with Gasteiger partial charge in [-0.25, -0.2) is 4.39 Å². The van der Waals surface area contributed by atoms with Gasteiger partial charge in [-0.1, -0.05) is 48.0 Å². The van der Waals surface area contributed by atoms with E-state index >= 15 is 0 Å². The molecule has 0 aliphatic carbocycles. The van der Waals surface area contributed by atoms with E-state index in [1.165, 1.54) is 18.4 Å². The molecule has 1 aromatic heterocycles. The number of fused-ring (bicyclic) bond motifs is 1. The zero-order chi connectivity index (χ0) is 24.5. The lowest BCUT2D eigenvalue weighted by atomic mass is 9.88. The van der Waals surface area contributed by atoms with Crippen LogP contribution in [0.15, 0.2) is 65.3 Å². The Kier molecular flexibility index (Phi) is 6.62. The number of rotatable bonds is 7. The first-order valence-corrected chi connectivity index (χ1v) is 12.2. The van der Waals surface area contributed by atoms with E-state index < -0.39 is 11.7 Å². The Bertz CT molecular complexity index is 1200. The van der Waals surface area contributed by atoms with Gasteiger partial charge in [0.05, 0.1) is 16.8 Å². The third-order valence-corrected chi connectivity index (χ3v) is 7.57. The maximum Gasteiger partial charge on any atom is 0.284 e. The first-order chi connectivity index (χ1) is 16.9. The Balaban J connectivity index is 1.24. The molecule has 2 aliphatic rings. The number of primary amides is 1. The third kappa shape index (κ3) is 4.70. The Morgan fingerprint density at radius 2 is 1.74 bits per heavy atom. The highest BCUT2D eigenvalue weighted by Gasteiger charge is 2.42. The van der Waals surface area contributed by atoms with Crippen molar-refractivity contribution in [2.45, 2.75) is 12.3 Å². The molecule has 35 heavy (non-hydrogen) atoms. The third-order valence-electron chi connectivity index (χ3n) is 7.26. The van der Waals surface area contributed by atoms with Crippen molar-refractivity contribution in [2.75, 3.05) is 32.7 Å². The van der Waals surface area contributed by atoms with Crippen molar-refractivity contribution in [3.05, 3.63) is 94.2 Å². The van der Waals surface area contributed by atoms with E-state index in [9.17, 15) is 14.0 Å². The molecule has 2 N–H and O–H groups in total. The number of halogens is 2. The first kappa shape index (κ1) is 23.6. The van der Waals surface area contributed by atoms with Crippen molar-refractivity contribution < 1.29 is 18.4 Å². The summed E-state index contributed by atoms with van der Waals surface area (Å²) in [7, 11) is 0. The van der Waals surface area contributed by atoms with Gasteiger partial charge in [-0.05, 0) is 48.6 Å². The van der Waals surface area contributed by atoms with Gasteiger partial charge in [-0.3, -0.25) is 9.59 Å². The van der Waals surface area contributed by atoms with Crippen LogP contribution < -0.4 is 5.73 Å². The number of hydrogen-bond acceptors (Lipinski definition) is 4. The van der Waals surface area contributed by atoms with Gasteiger partial charge in [0, 0.05) is 37.7 Å². The highest BCUT2D eigenvalue weighted by atomic mass is 35.5. The van der Waals surface area contributed by atoms with Crippen molar-refractivity contribution >= 4 is 23.4 Å². The van der Waals surface area contributed by atoms with E-state index in [1.807, 2.05) is 24.3 Å². The number of carbonyl (C=O) groups excluding carboxylic acids is 2. The smallest absolute Gasteiger partial charge is 0.284 e. The van der Waals surface area contributed by atoms with Crippen molar-refractivity contribution in [1.82, 2.24) is 9.80 Å². The molecule has 3 atom stereocenters. The van der Waals surface area contributed by atoms with Crippen LogP contribution in [0.5, 0.6) is 0 Å². The maximum atomic E-state index is 14.2. The van der Waals surface area contributed by atoms with Gasteiger partial charge in [-0.15, -0.1) is 0 Å². The monoisotopic (exact) mass is 495 g/mol. The summed E-state index contributed by atoms with van der Waals surface area (Å²) in [5.74, 6) is -0.608. The van der Waals surface area contributed by atoms with Gasteiger partial charge < -0.3 is 20.0 Å². The molecule has 2 aromatic carbocycles. The number of amides is 2. The van der Waals surface area contributed by atoms with E-state index in [2.05, 4.69) is 17.0 Å². The molecule has 182 valence electrons. The number of nitrogens with zero attached hydrogens (tertiary/aromatic N) is 2. The van der Waals surface area contributed by atoms with Crippen LogP contribution in [0.3, 0.4) is 0 Å². The molecule has 8 heteroatoms. The summed E-state index contributed by atoms with van der Waals surface area (Å²) in [4.78, 5) is 29.0. The fourth-order valence-corrected chi connectivity index (χ4v) is 5.84. The number of nitrogens with two attached hydrogens (primary N) is 1. The zero-order valence-corrected chi connectivity index (χ0v) is 20.0. The molecule has 2 fully saturated rings. The number of likely N-dealkylation sites (tertiary alicyclic amines) is 2. The predicted molar refractivity (Wildman–Crippen MR) is 131 cm³/mol. The van der Waals surface area contributed by atoms with Gasteiger partial charge >= 0.3 is 0 Å². The second-order valence-corrected chi connectivity index (χ2v) is 9.81. The van der Waals surface area contributed by atoms with Crippen LogP contribution in [-0.2, 0) is 0 Å². The summed E-state index contributed by atoms with van der Waals surface area (Å²) in [6.45, 7) is 3.77. The molecular formula is C27H27ClFN3O3. The van der Waals surface area contributed by atoms with Crippen LogP contribution in [0.2, 0.25) is 5.02 Å². The summed E-state index contributed by atoms with van der Waals surface area (Å²) < 4.78 is 19.6. The molecule has 3 aromatic rings. The average molecular weight is 496 g/mol. The van der Waals surface area contributed by atoms with Crippen LogP contribution >= 0.6 is 11.6 Å². The van der Waals surface area contributed by atoms with Gasteiger partial charge in [0.2, 0.25) is 0 Å². The normalized spacial score (nSPS) is 20.7. The lowest BCUT2D eigenvalue weighted by Gasteiger charge is -2.24. The standard InChI is InChI=1S/C27H27ClFN3O3/c28-22-7-4-8-23(29)24(22)27(34)32-15-18-13-31(14-19(18)16-32)11-9-20(17-5-2-1-3-6-17)21-10-12-35-25(21)26(30)33/h1-8,10,12,18-20H,9,11,13-16H2,(H2,30,33)/t18?,19?,20-/m0/s1. The first-order valence-electron chi connectivity index (χ1n) is 11.8. The van der Waals surface area contributed by atoms with Crippen LogP contribution in [0.4, 0.5) is 4.39 Å². The second-order valence-electron chi connectivity index (χ2n) is 9.41. The summed E-state index contributed by atoms with van der Waals surface area (Å²) in [6.07, 6.45) is 2.32. The molecule has 2 unspecified atom stereocenters. The quantitative estimate of drug-likeness (QED) is 0.527. The molecule has 6 nitrogen and oxygen atoms in total. The molecular weight excluding hydrogens is 469 g/mol. The van der Waals surface area contributed by atoms with Crippen LogP contribution in [0.1, 0.15) is 44.4 Å². The Morgan fingerprint density at radius 3 is 2.40 bits per heavy atom. The molecule has 0 radical (unpaired) electrons. The number of benzene rings is 2. The fraction of sp³-hybridized carbons (Fsp3) is 0.333. The minimum atomic E-state index is -0.581. The Morgan fingerprint density at radius 1 is 1.03 bits per heavy atom. The van der Waals surface area contributed by atoms with Gasteiger partial charge in [0.15, 0.2) is 5.76 Å². The van der Waals surface area contributed by atoms with Crippen LogP contribution in [0.25, 0.3) is 0 Å². The summed E-state index contributed by atoms with van der Waals surface area (Å²) in [6, 6.07) is 16.2. The highest BCUT2D eigenvalue weighted by Crippen LogP contribution is 2.36. The lowest BCUT2D eigenvalue weighted by molar-refractivity contribution is 0.0769. The molecule has 2 saturated heterocycles. The summed E-state index contributed by atoms with van der Waals surface area (Å²) in [5, 5.41) is 0.148. The fourth-order valence-electron chi connectivity index (χ4n) is 5.59. The predicted octanol–water partition coefficient (Wildman–Crippen LogP) is 4.40. The van der Waals surface area contributed by atoms with E-state index in [0.717, 1.165) is 37.2 Å². The average Bonchev–Trinajstić information content (AvgIpc) is 3.55. The Labute approximate surface area is 208 Å². The topological polar surface area (TPSA) is 79.8 Å². The minimum Gasteiger partial charge on any atom is -0.459 e. The van der Waals surface area contributed by atoms with Gasteiger partial charge in [0.1, 0.15) is 5.82 Å². The largest absolute Gasteiger partial charge is 0.459 e. The molecule has 5 rings (SSSR count). The Hall–Kier alpha value is -3.16. The molecule has 0 spiro atoms. The molecule has 0 bridgehead atoms. The SMILES string of the molecule is NC(=O)c1occc1[C@@H](CCN1CC2CN(C(=O)c3c(F)cccc3Cl)CC2C1)c1ccccc1. The zero-order valence-electron chi connectivity index (χ0n) is 19.2. The van der Waals surface area contributed by atoms with E-state index in [-0.39, 0.29) is 28.2 Å². The van der Waals surface area contributed by atoms with E-state index in [1.54, 1.807) is 11.0 Å².